The number of piperidine rings is 1. The fraction of sp³-hybridized carbons (Fsp3) is 0.412. The van der Waals surface area contributed by atoms with E-state index in [1.807, 2.05) is 6.92 Å². The molecule has 1 aromatic carbocycles. The van der Waals surface area contributed by atoms with Crippen molar-refractivity contribution in [1.82, 2.24) is 20.4 Å². The second kappa shape index (κ2) is 8.09. The number of hydrogen-bond acceptors (Lipinski definition) is 3. The number of rotatable bonds is 3. The smallest absolute Gasteiger partial charge is 0.348 e. The number of benzene rings is 1. The van der Waals surface area contributed by atoms with Crippen LogP contribution in [0.3, 0.4) is 0 Å². The largest absolute Gasteiger partial charge is 0.434 e. The Hall–Kier alpha value is -2.06. The van der Waals surface area contributed by atoms with E-state index in [1.54, 1.807) is 24.3 Å². The highest BCUT2D eigenvalue weighted by Gasteiger charge is 2.40. The fourth-order valence-electron chi connectivity index (χ4n) is 2.91. The fourth-order valence-corrected chi connectivity index (χ4v) is 2.91. The van der Waals surface area contributed by atoms with Gasteiger partial charge in [-0.3, -0.25) is 4.79 Å². The summed E-state index contributed by atoms with van der Waals surface area (Å²) in [6.45, 7) is 3.25. The molecule has 0 unspecified atom stereocenters. The molecular weight excluding hydrogens is 369 g/mol. The summed E-state index contributed by atoms with van der Waals surface area (Å²) in [7, 11) is 0. The van der Waals surface area contributed by atoms with Gasteiger partial charge >= 0.3 is 6.18 Å². The van der Waals surface area contributed by atoms with Gasteiger partial charge < -0.3 is 10.6 Å². The summed E-state index contributed by atoms with van der Waals surface area (Å²) < 4.78 is 41.5. The normalized spacial score (nSPS) is 17.5. The number of hydrogen-bond donors (Lipinski definition) is 2. The Balaban J connectivity index is 0.00000243. The molecule has 2 aromatic rings. The molecule has 0 saturated carbocycles. The van der Waals surface area contributed by atoms with Gasteiger partial charge in [0, 0.05) is 12.6 Å². The first-order valence-electron chi connectivity index (χ1n) is 8.10. The number of amides is 1. The van der Waals surface area contributed by atoms with E-state index in [0.717, 1.165) is 35.8 Å². The minimum atomic E-state index is -4.70. The Morgan fingerprint density at radius 1 is 1.31 bits per heavy atom. The van der Waals surface area contributed by atoms with Crippen LogP contribution < -0.4 is 10.6 Å². The van der Waals surface area contributed by atoms with Gasteiger partial charge in [0.15, 0.2) is 5.69 Å². The number of aryl methyl sites for hydroxylation is 1. The van der Waals surface area contributed by atoms with E-state index in [9.17, 15) is 18.0 Å². The molecule has 1 aromatic heterocycles. The Bertz CT molecular complexity index is 752. The van der Waals surface area contributed by atoms with E-state index in [1.165, 1.54) is 0 Å². The average molecular weight is 389 g/mol. The van der Waals surface area contributed by atoms with Crippen molar-refractivity contribution < 1.29 is 18.0 Å². The summed E-state index contributed by atoms with van der Waals surface area (Å²) >= 11 is 0. The van der Waals surface area contributed by atoms with Crippen LogP contribution in [0.2, 0.25) is 0 Å². The maximum absolute atomic E-state index is 13.6. The SMILES string of the molecule is Cc1ccc(-n2ncc(C(=O)N[C@H]3CCCNC3)c2C(F)(F)F)cc1.Cl. The molecule has 1 atom stereocenters. The standard InChI is InChI=1S/C17H19F3N4O.ClH/c1-11-4-6-13(7-5-11)24-15(17(18,19)20)14(10-22-24)16(25)23-12-3-2-8-21-9-12;/h4-7,10,12,21H,2-3,8-9H2,1H3,(H,23,25);1H/t12-;/m0./s1. The quantitative estimate of drug-likeness (QED) is 0.849. The van der Waals surface area contributed by atoms with Gasteiger partial charge in [0.2, 0.25) is 0 Å². The third kappa shape index (κ3) is 4.37. The summed E-state index contributed by atoms with van der Waals surface area (Å²) in [5.74, 6) is -0.751. The van der Waals surface area contributed by atoms with Crippen LogP contribution in [0.4, 0.5) is 13.2 Å². The molecule has 0 radical (unpaired) electrons. The van der Waals surface area contributed by atoms with Crippen LogP contribution in [-0.2, 0) is 6.18 Å². The van der Waals surface area contributed by atoms with Crippen molar-refractivity contribution in [3.8, 4) is 5.69 Å². The highest BCUT2D eigenvalue weighted by molar-refractivity contribution is 5.95. The first kappa shape index (κ1) is 20.3. The molecule has 142 valence electrons. The molecule has 3 rings (SSSR count). The average Bonchev–Trinajstić information content (AvgIpc) is 3.02. The first-order chi connectivity index (χ1) is 11.9. The Morgan fingerprint density at radius 2 is 2.00 bits per heavy atom. The minimum Gasteiger partial charge on any atom is -0.348 e. The number of halogens is 4. The van der Waals surface area contributed by atoms with E-state index >= 15 is 0 Å². The zero-order valence-electron chi connectivity index (χ0n) is 14.1. The van der Waals surface area contributed by atoms with E-state index in [-0.39, 0.29) is 24.1 Å². The zero-order valence-corrected chi connectivity index (χ0v) is 15.0. The molecule has 0 bridgehead atoms. The molecule has 2 heterocycles. The van der Waals surface area contributed by atoms with Gasteiger partial charge in [-0.25, -0.2) is 4.68 Å². The van der Waals surface area contributed by atoms with Crippen molar-refractivity contribution in [3.05, 3.63) is 47.3 Å². The first-order valence-corrected chi connectivity index (χ1v) is 8.10. The highest BCUT2D eigenvalue weighted by Crippen LogP contribution is 2.33. The van der Waals surface area contributed by atoms with Gasteiger partial charge in [-0.05, 0) is 38.4 Å². The number of aromatic nitrogens is 2. The Kier molecular flexibility index (Phi) is 6.30. The lowest BCUT2D eigenvalue weighted by atomic mass is 10.1. The molecule has 1 aliphatic heterocycles. The minimum absolute atomic E-state index is 0. The second-order valence-electron chi connectivity index (χ2n) is 6.17. The van der Waals surface area contributed by atoms with Crippen LogP contribution >= 0.6 is 12.4 Å². The predicted molar refractivity (Wildman–Crippen MR) is 93.9 cm³/mol. The van der Waals surface area contributed by atoms with Gasteiger partial charge in [0.1, 0.15) is 0 Å². The maximum Gasteiger partial charge on any atom is 0.434 e. The summed E-state index contributed by atoms with van der Waals surface area (Å²) in [4.78, 5) is 12.4. The molecule has 1 aliphatic rings. The number of alkyl halides is 3. The van der Waals surface area contributed by atoms with Gasteiger partial charge in [0.05, 0.1) is 17.4 Å². The van der Waals surface area contributed by atoms with Crippen LogP contribution in [0.25, 0.3) is 5.69 Å². The summed E-state index contributed by atoms with van der Waals surface area (Å²) in [6, 6.07) is 6.31. The lowest BCUT2D eigenvalue weighted by Crippen LogP contribution is -2.45. The number of nitrogens with one attached hydrogen (secondary N) is 2. The van der Waals surface area contributed by atoms with E-state index in [4.69, 9.17) is 0 Å². The van der Waals surface area contributed by atoms with Crippen LogP contribution in [-0.4, -0.2) is 34.8 Å². The number of carbonyl (C=O) groups excluding carboxylic acids is 1. The van der Waals surface area contributed by atoms with Gasteiger partial charge in [-0.2, -0.15) is 18.3 Å². The molecule has 26 heavy (non-hydrogen) atoms. The predicted octanol–water partition coefficient (Wildman–Crippen LogP) is 3.10. The molecular formula is C17H20ClF3N4O. The highest BCUT2D eigenvalue weighted by atomic mass is 35.5. The van der Waals surface area contributed by atoms with Crippen molar-refractivity contribution in [1.29, 1.82) is 0 Å². The van der Waals surface area contributed by atoms with Crippen molar-refractivity contribution in [2.75, 3.05) is 13.1 Å². The molecule has 1 saturated heterocycles. The molecule has 2 N–H and O–H groups in total. The molecule has 9 heteroatoms. The van der Waals surface area contributed by atoms with Crippen LogP contribution in [0.1, 0.15) is 34.5 Å². The summed E-state index contributed by atoms with van der Waals surface area (Å²) in [5, 5.41) is 9.60. The molecule has 0 spiro atoms. The topological polar surface area (TPSA) is 59.0 Å². The van der Waals surface area contributed by atoms with Crippen LogP contribution in [0.5, 0.6) is 0 Å². The molecule has 1 fully saturated rings. The van der Waals surface area contributed by atoms with E-state index in [0.29, 0.717) is 6.54 Å². The van der Waals surface area contributed by atoms with Crippen LogP contribution in [0.15, 0.2) is 30.5 Å². The third-order valence-corrected chi connectivity index (χ3v) is 4.19. The Labute approximate surface area is 155 Å². The lowest BCUT2D eigenvalue weighted by molar-refractivity contribution is -0.143. The van der Waals surface area contributed by atoms with Crippen molar-refractivity contribution in [2.24, 2.45) is 0 Å². The summed E-state index contributed by atoms with van der Waals surface area (Å²) in [6.07, 6.45) is -2.10. The Morgan fingerprint density at radius 3 is 2.58 bits per heavy atom. The third-order valence-electron chi connectivity index (χ3n) is 4.19. The number of nitrogens with zero attached hydrogens (tertiary/aromatic N) is 2. The second-order valence-corrected chi connectivity index (χ2v) is 6.17. The molecule has 5 nitrogen and oxygen atoms in total. The maximum atomic E-state index is 13.6. The van der Waals surface area contributed by atoms with Crippen LogP contribution in [0, 0.1) is 6.92 Å². The van der Waals surface area contributed by atoms with Crippen molar-refractivity contribution in [2.45, 2.75) is 32.0 Å². The number of carbonyl (C=O) groups is 1. The zero-order chi connectivity index (χ0) is 18.0. The molecule has 1 amide bonds. The van der Waals surface area contributed by atoms with E-state index < -0.39 is 23.3 Å². The van der Waals surface area contributed by atoms with Gasteiger partial charge in [0.25, 0.3) is 5.91 Å². The summed E-state index contributed by atoms with van der Waals surface area (Å²) in [5.41, 5.74) is -0.334. The monoisotopic (exact) mass is 388 g/mol. The van der Waals surface area contributed by atoms with Gasteiger partial charge in [-0.15, -0.1) is 12.4 Å². The van der Waals surface area contributed by atoms with E-state index in [2.05, 4.69) is 15.7 Å². The van der Waals surface area contributed by atoms with Crippen molar-refractivity contribution >= 4 is 18.3 Å². The lowest BCUT2D eigenvalue weighted by Gasteiger charge is -2.24. The van der Waals surface area contributed by atoms with Gasteiger partial charge in [-0.1, -0.05) is 17.7 Å². The molecule has 0 aliphatic carbocycles. The van der Waals surface area contributed by atoms with Crippen molar-refractivity contribution in [3.63, 3.8) is 0 Å².